The van der Waals surface area contributed by atoms with Crippen molar-refractivity contribution in [2.24, 2.45) is 5.10 Å². The number of aromatic hydroxyl groups is 1. The lowest BCUT2D eigenvalue weighted by Crippen LogP contribution is -2.19. The van der Waals surface area contributed by atoms with Crippen LogP contribution in [0.3, 0.4) is 0 Å². The van der Waals surface area contributed by atoms with Crippen molar-refractivity contribution in [2.45, 2.75) is 0 Å². The summed E-state index contributed by atoms with van der Waals surface area (Å²) in [4.78, 5) is 23.4. The number of phenols is 1. The molecule has 14 heteroatoms. The molecule has 0 spiro atoms. The number of nitrogen functional groups attached to an aromatic ring is 1. The molecule has 0 fully saturated rings. The molecule has 4 aromatic rings. The molecule has 0 saturated heterocycles. The van der Waals surface area contributed by atoms with Crippen molar-refractivity contribution in [1.82, 2.24) is 30.7 Å². The quantitative estimate of drug-likeness (QED) is 0.225. The molecule has 2 heterocycles. The highest BCUT2D eigenvalue weighted by Gasteiger charge is 2.26. The van der Waals surface area contributed by atoms with Crippen LogP contribution in [0.25, 0.3) is 17.1 Å². The summed E-state index contributed by atoms with van der Waals surface area (Å²) in [5, 5.41) is 39.4. The van der Waals surface area contributed by atoms with Crippen molar-refractivity contribution in [3.63, 3.8) is 0 Å². The number of aromatic nitrogens is 5. The first-order valence-corrected chi connectivity index (χ1v) is 8.85. The summed E-state index contributed by atoms with van der Waals surface area (Å²) in [5.74, 6) is -0.907. The Morgan fingerprint density at radius 1 is 1.25 bits per heavy atom. The lowest BCUT2D eigenvalue weighted by atomic mass is 10.1. The third-order valence-corrected chi connectivity index (χ3v) is 4.16. The third-order valence-electron chi connectivity index (χ3n) is 4.16. The smallest absolute Gasteiger partial charge is 0.294 e. The summed E-state index contributed by atoms with van der Waals surface area (Å²) in [5.41, 5.74) is 8.44. The van der Waals surface area contributed by atoms with E-state index in [0.717, 1.165) is 4.68 Å². The van der Waals surface area contributed by atoms with E-state index in [0.29, 0.717) is 5.56 Å². The van der Waals surface area contributed by atoms with Gasteiger partial charge in [0, 0.05) is 17.7 Å². The molecule has 160 valence electrons. The minimum Gasteiger partial charge on any atom is -0.508 e. The van der Waals surface area contributed by atoms with E-state index in [-0.39, 0.29) is 40.0 Å². The Bertz CT molecular complexity index is 1340. The molecule has 0 aliphatic rings. The fourth-order valence-corrected chi connectivity index (χ4v) is 2.77. The number of nitro groups is 1. The van der Waals surface area contributed by atoms with Gasteiger partial charge in [-0.1, -0.05) is 29.5 Å². The molecule has 14 nitrogen and oxygen atoms in total. The van der Waals surface area contributed by atoms with Crippen molar-refractivity contribution in [1.29, 1.82) is 0 Å². The van der Waals surface area contributed by atoms with Crippen molar-refractivity contribution < 1.29 is 19.5 Å². The number of carbonyl (C=O) groups is 1. The zero-order valence-corrected chi connectivity index (χ0v) is 16.0. The zero-order chi connectivity index (χ0) is 22.7. The van der Waals surface area contributed by atoms with Gasteiger partial charge < -0.3 is 10.8 Å². The third kappa shape index (κ3) is 3.95. The first kappa shape index (κ1) is 20.1. The Hall–Kier alpha value is -5.14. The molecule has 0 saturated carbocycles. The Morgan fingerprint density at radius 2 is 2.06 bits per heavy atom. The van der Waals surface area contributed by atoms with Crippen LogP contribution in [0, 0.1) is 10.1 Å². The molecule has 0 atom stereocenters. The fourth-order valence-electron chi connectivity index (χ4n) is 2.77. The number of hydrazone groups is 1. The number of phenolic OH excluding ortho intramolecular Hbond substituents is 1. The van der Waals surface area contributed by atoms with E-state index in [1.165, 1.54) is 42.6 Å². The number of nitro benzene ring substituents is 1. The minimum atomic E-state index is -0.760. The summed E-state index contributed by atoms with van der Waals surface area (Å²) in [6, 6.07) is 11.7. The average Bonchev–Trinajstić information content (AvgIpc) is 3.39. The van der Waals surface area contributed by atoms with Gasteiger partial charge in [0.25, 0.3) is 11.6 Å². The van der Waals surface area contributed by atoms with Crippen LogP contribution in [0.5, 0.6) is 5.75 Å². The molecule has 4 rings (SSSR count). The Labute approximate surface area is 178 Å². The Balaban J connectivity index is 1.73. The number of hydrogen-bond acceptors (Lipinski definition) is 11. The largest absolute Gasteiger partial charge is 0.508 e. The summed E-state index contributed by atoms with van der Waals surface area (Å²) < 4.78 is 5.66. The standard InChI is InChI=1S/C18H13N9O5/c19-16-17(24-32-23-16)26-15(11-4-2-5-12(8-11)27(30)31)14(21-25-26)18(29)22-20-9-10-3-1-6-13(28)7-10/h1-9,28H,(H2,19,23)(H,22,29)/b20-9-. The molecule has 0 unspecified atom stereocenters. The van der Waals surface area contributed by atoms with Crippen molar-refractivity contribution in [3.8, 4) is 22.8 Å². The van der Waals surface area contributed by atoms with Gasteiger partial charge in [-0.3, -0.25) is 14.9 Å². The van der Waals surface area contributed by atoms with E-state index in [2.05, 4.69) is 35.8 Å². The molecule has 2 aromatic heterocycles. The number of amides is 1. The van der Waals surface area contributed by atoms with Gasteiger partial charge in [0.2, 0.25) is 11.6 Å². The van der Waals surface area contributed by atoms with Gasteiger partial charge >= 0.3 is 0 Å². The molecule has 4 N–H and O–H groups in total. The second-order valence-corrected chi connectivity index (χ2v) is 6.27. The van der Waals surface area contributed by atoms with Crippen molar-refractivity contribution >= 4 is 23.6 Å². The van der Waals surface area contributed by atoms with Crippen LogP contribution in [-0.2, 0) is 0 Å². The van der Waals surface area contributed by atoms with Crippen molar-refractivity contribution in [3.05, 3.63) is 69.9 Å². The summed E-state index contributed by atoms with van der Waals surface area (Å²) in [7, 11) is 0. The van der Waals surface area contributed by atoms with Gasteiger partial charge in [-0.2, -0.15) is 9.78 Å². The average molecular weight is 435 g/mol. The molecule has 0 aliphatic heterocycles. The lowest BCUT2D eigenvalue weighted by Gasteiger charge is -2.05. The number of rotatable bonds is 6. The van der Waals surface area contributed by atoms with E-state index in [4.69, 9.17) is 5.73 Å². The number of non-ortho nitro benzene ring substituents is 1. The fraction of sp³-hybridized carbons (Fsp3) is 0. The molecule has 0 radical (unpaired) electrons. The highest BCUT2D eigenvalue weighted by atomic mass is 16.6. The monoisotopic (exact) mass is 435 g/mol. The number of benzene rings is 2. The second kappa shape index (κ2) is 8.31. The summed E-state index contributed by atoms with van der Waals surface area (Å²) in [6.45, 7) is 0. The van der Waals surface area contributed by atoms with Crippen LogP contribution in [0.2, 0.25) is 0 Å². The second-order valence-electron chi connectivity index (χ2n) is 6.27. The number of nitrogens with two attached hydrogens (primary N) is 1. The number of anilines is 1. The van der Waals surface area contributed by atoms with E-state index >= 15 is 0 Å². The van der Waals surface area contributed by atoms with Crippen LogP contribution >= 0.6 is 0 Å². The number of carbonyl (C=O) groups excluding carboxylic acids is 1. The highest BCUT2D eigenvalue weighted by molar-refractivity contribution is 5.99. The van der Waals surface area contributed by atoms with E-state index in [1.54, 1.807) is 12.1 Å². The molecule has 0 bridgehead atoms. The van der Waals surface area contributed by atoms with Crippen LogP contribution in [-0.4, -0.2) is 47.5 Å². The van der Waals surface area contributed by atoms with Gasteiger partial charge in [0.1, 0.15) is 11.4 Å². The first-order valence-electron chi connectivity index (χ1n) is 8.85. The zero-order valence-electron chi connectivity index (χ0n) is 16.0. The van der Waals surface area contributed by atoms with Crippen LogP contribution in [0.1, 0.15) is 16.1 Å². The topological polar surface area (TPSA) is 200 Å². The maximum absolute atomic E-state index is 12.8. The van der Waals surface area contributed by atoms with Gasteiger partial charge in [0.05, 0.1) is 11.1 Å². The van der Waals surface area contributed by atoms with Gasteiger partial charge in [0.15, 0.2) is 5.69 Å². The first-order chi connectivity index (χ1) is 15.4. The van der Waals surface area contributed by atoms with Crippen LogP contribution in [0.4, 0.5) is 11.5 Å². The van der Waals surface area contributed by atoms with E-state index < -0.39 is 10.8 Å². The van der Waals surface area contributed by atoms with E-state index in [9.17, 15) is 20.0 Å². The number of nitrogens with zero attached hydrogens (tertiary/aromatic N) is 7. The maximum Gasteiger partial charge on any atom is 0.294 e. The van der Waals surface area contributed by atoms with Crippen LogP contribution < -0.4 is 11.2 Å². The normalized spacial score (nSPS) is 11.0. The Morgan fingerprint density at radius 3 is 2.78 bits per heavy atom. The summed E-state index contributed by atoms with van der Waals surface area (Å²) in [6.07, 6.45) is 1.31. The predicted octanol–water partition coefficient (Wildman–Crippen LogP) is 1.28. The Kier molecular flexibility index (Phi) is 5.23. The lowest BCUT2D eigenvalue weighted by molar-refractivity contribution is -0.384. The molecular formula is C18H13N9O5. The van der Waals surface area contributed by atoms with E-state index in [1.807, 2.05) is 0 Å². The predicted molar refractivity (Wildman–Crippen MR) is 109 cm³/mol. The molecular weight excluding hydrogens is 422 g/mol. The number of nitrogens with one attached hydrogen (secondary N) is 1. The van der Waals surface area contributed by atoms with Gasteiger partial charge in [-0.25, -0.2) is 10.1 Å². The van der Waals surface area contributed by atoms with Crippen LogP contribution in [0.15, 0.2) is 58.3 Å². The molecule has 0 aliphatic carbocycles. The van der Waals surface area contributed by atoms with Gasteiger partial charge in [-0.05, 0) is 28.0 Å². The molecule has 1 amide bonds. The number of hydrogen-bond donors (Lipinski definition) is 3. The van der Waals surface area contributed by atoms with Gasteiger partial charge in [-0.15, -0.1) is 5.10 Å². The maximum atomic E-state index is 12.8. The minimum absolute atomic E-state index is 0.0370. The highest BCUT2D eigenvalue weighted by Crippen LogP contribution is 2.29. The molecule has 32 heavy (non-hydrogen) atoms. The molecule has 2 aromatic carbocycles. The van der Waals surface area contributed by atoms with Crippen molar-refractivity contribution in [2.75, 3.05) is 5.73 Å². The summed E-state index contributed by atoms with van der Waals surface area (Å²) >= 11 is 0. The SMILES string of the molecule is Nc1nonc1-n1nnc(C(=O)N/N=C\c2cccc(O)c2)c1-c1cccc([N+](=O)[O-])c1.